The minimum absolute atomic E-state index is 0.000230. The van der Waals surface area contributed by atoms with Gasteiger partial charge in [0.15, 0.2) is 0 Å². The van der Waals surface area contributed by atoms with Crippen LogP contribution in [0.1, 0.15) is 41.0 Å². The summed E-state index contributed by atoms with van der Waals surface area (Å²) in [4.78, 5) is 38.3. The first kappa shape index (κ1) is 31.5. The molecule has 156 valence electrons. The Morgan fingerprint density at radius 1 is 0.885 bits per heavy atom. The molecule has 0 heterocycles. The van der Waals surface area contributed by atoms with E-state index >= 15 is 0 Å². The highest BCUT2D eigenvalue weighted by Crippen LogP contribution is 2.19. The van der Waals surface area contributed by atoms with Gasteiger partial charge in [-0.25, -0.2) is 0 Å². The lowest BCUT2D eigenvalue weighted by molar-refractivity contribution is -0.137. The third-order valence-electron chi connectivity index (χ3n) is 2.03. The first-order chi connectivity index (χ1) is 11.6. The van der Waals surface area contributed by atoms with E-state index in [0.29, 0.717) is 13.0 Å². The Kier molecular flexibility index (Phi) is 23.1. The number of carboxylic acids is 3. The molecule has 0 saturated carbocycles. The summed E-state index contributed by atoms with van der Waals surface area (Å²) < 4.78 is 0. The second kappa shape index (κ2) is 19.1. The highest BCUT2D eigenvalue weighted by Gasteiger charge is 2.32. The summed E-state index contributed by atoms with van der Waals surface area (Å²) >= 11 is 0. The quantitative estimate of drug-likeness (QED) is 0.282. The lowest BCUT2D eigenvalue weighted by Gasteiger charge is -2.27. The number of carbonyl (C=O) groups is 4. The molecule has 0 aromatic rings. The molecule has 0 aliphatic rings. The molecule has 0 aromatic carbocycles. The molecular weight excluding hydrogens is 354 g/mol. The molecule has 1 unspecified atom stereocenters. The van der Waals surface area contributed by atoms with Gasteiger partial charge in [0.1, 0.15) is 6.10 Å². The van der Waals surface area contributed by atoms with Crippen LogP contribution in [0.15, 0.2) is 0 Å². The van der Waals surface area contributed by atoms with Crippen LogP contribution in [0.2, 0.25) is 0 Å². The summed E-state index contributed by atoms with van der Waals surface area (Å²) in [6, 6.07) is 0. The topological polar surface area (TPSA) is 202 Å². The summed E-state index contributed by atoms with van der Waals surface area (Å²) in [5, 5.41) is 51.6. The molecule has 0 radical (unpaired) electrons. The van der Waals surface area contributed by atoms with Crippen LogP contribution in [0, 0.1) is 5.41 Å². The van der Waals surface area contributed by atoms with Crippen molar-refractivity contribution in [1.82, 2.24) is 5.32 Å². The zero-order chi connectivity index (χ0) is 21.9. The maximum Gasteiger partial charge on any atom is 0.300 e. The van der Waals surface area contributed by atoms with Crippen LogP contribution in [0.4, 0.5) is 0 Å². The number of carboxylic acid groups (broad SMARTS) is 3. The number of nitrogens with one attached hydrogen (secondary N) is 1. The Labute approximate surface area is 152 Å². The number of hydrogen-bond donors (Lipinski definition) is 7. The zero-order valence-corrected chi connectivity index (χ0v) is 15.7. The number of carbonyl (C=O) groups excluding carboxylic acids is 1. The first-order valence-corrected chi connectivity index (χ1v) is 7.41. The molecule has 0 fully saturated rings. The van der Waals surface area contributed by atoms with Gasteiger partial charge in [0.2, 0.25) is 5.91 Å². The van der Waals surface area contributed by atoms with Crippen molar-refractivity contribution in [3.05, 3.63) is 0 Å². The van der Waals surface area contributed by atoms with Gasteiger partial charge in [-0.2, -0.15) is 0 Å². The van der Waals surface area contributed by atoms with Crippen LogP contribution in [-0.4, -0.2) is 80.3 Å². The van der Waals surface area contributed by atoms with Gasteiger partial charge in [0.25, 0.3) is 17.9 Å². The third-order valence-corrected chi connectivity index (χ3v) is 2.03. The number of rotatable bonds is 6. The number of amides is 1. The average molecular weight is 385 g/mol. The van der Waals surface area contributed by atoms with Crippen molar-refractivity contribution in [2.24, 2.45) is 5.41 Å². The van der Waals surface area contributed by atoms with Crippen LogP contribution < -0.4 is 5.32 Å². The standard InChI is InChI=1S/C9H19NO4.3C2H4O2/c1-9(2,6-12)7(13)8(14)10-4-3-5-11;3*1-2(3)4/h7,11-13H,3-6H2,1-2H3,(H,10,14);3*1H3,(H,3,4). The molecule has 7 N–H and O–H groups in total. The van der Waals surface area contributed by atoms with Gasteiger partial charge >= 0.3 is 0 Å². The molecule has 0 saturated heterocycles. The van der Waals surface area contributed by atoms with Crippen molar-refractivity contribution in [2.45, 2.75) is 47.1 Å². The third kappa shape index (κ3) is 37.8. The van der Waals surface area contributed by atoms with Gasteiger partial charge in [-0.15, -0.1) is 0 Å². The number of aliphatic carboxylic acids is 3. The van der Waals surface area contributed by atoms with E-state index in [4.69, 9.17) is 39.9 Å². The first-order valence-electron chi connectivity index (χ1n) is 7.41. The van der Waals surface area contributed by atoms with E-state index in [1.807, 2.05) is 0 Å². The molecule has 26 heavy (non-hydrogen) atoms. The number of hydrogen-bond acceptors (Lipinski definition) is 7. The Hall–Kier alpha value is -2.24. The number of aliphatic hydroxyl groups is 3. The molecule has 0 bridgehead atoms. The Bertz CT molecular complexity index is 369. The van der Waals surface area contributed by atoms with Gasteiger partial charge in [0, 0.05) is 39.3 Å². The van der Waals surface area contributed by atoms with Crippen molar-refractivity contribution in [3.63, 3.8) is 0 Å². The van der Waals surface area contributed by atoms with Crippen LogP contribution in [0.25, 0.3) is 0 Å². The monoisotopic (exact) mass is 385 g/mol. The highest BCUT2D eigenvalue weighted by molar-refractivity contribution is 5.81. The maximum absolute atomic E-state index is 11.3. The van der Waals surface area contributed by atoms with Crippen molar-refractivity contribution < 1.29 is 49.8 Å². The molecular formula is C15H31NO10. The average Bonchev–Trinajstić information content (AvgIpc) is 2.44. The molecule has 0 aliphatic heterocycles. The molecule has 11 nitrogen and oxygen atoms in total. The van der Waals surface area contributed by atoms with Crippen molar-refractivity contribution in [2.75, 3.05) is 19.8 Å². The van der Waals surface area contributed by atoms with Crippen LogP contribution in [0.3, 0.4) is 0 Å². The smallest absolute Gasteiger partial charge is 0.300 e. The predicted octanol–water partition coefficient (Wildman–Crippen LogP) is -0.863. The van der Waals surface area contributed by atoms with Crippen molar-refractivity contribution >= 4 is 23.8 Å². The zero-order valence-electron chi connectivity index (χ0n) is 15.7. The van der Waals surface area contributed by atoms with Gasteiger partial charge in [-0.3, -0.25) is 19.2 Å². The second-order valence-corrected chi connectivity index (χ2v) is 5.47. The van der Waals surface area contributed by atoms with E-state index in [1.165, 1.54) is 0 Å². The molecule has 11 heteroatoms. The lowest BCUT2D eigenvalue weighted by atomic mass is 9.87. The summed E-state index contributed by atoms with van der Waals surface area (Å²) in [5.74, 6) is -3.02. The largest absolute Gasteiger partial charge is 0.481 e. The van der Waals surface area contributed by atoms with E-state index < -0.39 is 35.3 Å². The lowest BCUT2D eigenvalue weighted by Crippen LogP contribution is -2.45. The Balaban J connectivity index is -0.000000164. The SMILES string of the molecule is CC(=O)O.CC(=O)O.CC(=O)O.CC(C)(CO)C(O)C(=O)NCCCO. The van der Waals surface area contributed by atoms with Crippen molar-refractivity contribution in [1.29, 1.82) is 0 Å². The number of aliphatic hydroxyl groups excluding tert-OH is 3. The van der Waals surface area contributed by atoms with Gasteiger partial charge < -0.3 is 36.0 Å². The van der Waals surface area contributed by atoms with E-state index in [2.05, 4.69) is 5.32 Å². The molecule has 0 aromatic heterocycles. The fraction of sp³-hybridized carbons (Fsp3) is 0.733. The van der Waals surface area contributed by atoms with Crippen LogP contribution in [0.5, 0.6) is 0 Å². The molecule has 0 aliphatic carbocycles. The molecule has 1 atom stereocenters. The minimum Gasteiger partial charge on any atom is -0.481 e. The van der Waals surface area contributed by atoms with E-state index in [0.717, 1.165) is 20.8 Å². The van der Waals surface area contributed by atoms with Crippen molar-refractivity contribution in [3.8, 4) is 0 Å². The molecule has 1 amide bonds. The van der Waals surface area contributed by atoms with E-state index in [-0.39, 0.29) is 13.2 Å². The predicted molar refractivity (Wildman–Crippen MR) is 91.5 cm³/mol. The summed E-state index contributed by atoms with van der Waals surface area (Å²) in [6.07, 6.45) is -0.774. The summed E-state index contributed by atoms with van der Waals surface area (Å²) in [6.45, 7) is 6.52. The van der Waals surface area contributed by atoms with Crippen LogP contribution >= 0.6 is 0 Å². The Morgan fingerprint density at radius 3 is 1.42 bits per heavy atom. The Morgan fingerprint density at radius 2 is 1.19 bits per heavy atom. The minimum atomic E-state index is -1.23. The molecule has 0 rings (SSSR count). The normalized spacial score (nSPS) is 10.3. The summed E-state index contributed by atoms with van der Waals surface area (Å²) in [5.41, 5.74) is -0.844. The second-order valence-electron chi connectivity index (χ2n) is 5.47. The van der Waals surface area contributed by atoms with E-state index in [1.54, 1.807) is 13.8 Å². The maximum atomic E-state index is 11.3. The van der Waals surface area contributed by atoms with Gasteiger partial charge in [-0.1, -0.05) is 13.8 Å². The fourth-order valence-corrected chi connectivity index (χ4v) is 0.829. The van der Waals surface area contributed by atoms with Gasteiger partial charge in [0.05, 0.1) is 6.61 Å². The van der Waals surface area contributed by atoms with Crippen LogP contribution in [-0.2, 0) is 19.2 Å². The van der Waals surface area contributed by atoms with E-state index in [9.17, 15) is 9.90 Å². The van der Waals surface area contributed by atoms with Gasteiger partial charge in [-0.05, 0) is 6.42 Å². The fourth-order valence-electron chi connectivity index (χ4n) is 0.829. The summed E-state index contributed by atoms with van der Waals surface area (Å²) in [7, 11) is 0. The molecule has 0 spiro atoms. The highest BCUT2D eigenvalue weighted by atomic mass is 16.4.